The topological polar surface area (TPSA) is 105 Å². The van der Waals surface area contributed by atoms with Gasteiger partial charge in [0.1, 0.15) is 6.61 Å². The standard InChI is InChI=1S/C21H23ClN6O3/c1-21(2,30)13-27-11-14(9-24-27)19-17(22)10-23-20(26-19)25-15-3-5-16(6-4-15)28-7-8-31-12-18(28)29/h3-6,9-11,30H,7-8,12-13H2,1-2H3,(H,23,25,26). The van der Waals surface area contributed by atoms with Crippen molar-refractivity contribution in [3.63, 3.8) is 0 Å². The number of hydrogen-bond donors (Lipinski definition) is 2. The number of halogens is 1. The van der Waals surface area contributed by atoms with Crippen molar-refractivity contribution >= 4 is 34.8 Å². The van der Waals surface area contributed by atoms with Gasteiger partial charge in [0.05, 0.1) is 41.9 Å². The van der Waals surface area contributed by atoms with E-state index < -0.39 is 5.60 Å². The Morgan fingerprint density at radius 3 is 2.74 bits per heavy atom. The Balaban J connectivity index is 1.50. The van der Waals surface area contributed by atoms with E-state index >= 15 is 0 Å². The smallest absolute Gasteiger partial charge is 0.253 e. The number of carbonyl (C=O) groups is 1. The molecule has 31 heavy (non-hydrogen) atoms. The molecule has 162 valence electrons. The number of morpholine rings is 1. The maximum atomic E-state index is 12.0. The van der Waals surface area contributed by atoms with Gasteiger partial charge < -0.3 is 20.1 Å². The van der Waals surface area contributed by atoms with Gasteiger partial charge in [-0.15, -0.1) is 0 Å². The minimum Gasteiger partial charge on any atom is -0.389 e. The molecule has 2 aromatic heterocycles. The molecular weight excluding hydrogens is 420 g/mol. The van der Waals surface area contributed by atoms with Gasteiger partial charge in [-0.2, -0.15) is 5.10 Å². The molecule has 1 amide bonds. The molecule has 3 aromatic rings. The van der Waals surface area contributed by atoms with Gasteiger partial charge in [-0.3, -0.25) is 9.48 Å². The Morgan fingerprint density at radius 2 is 2.03 bits per heavy atom. The van der Waals surface area contributed by atoms with E-state index in [0.717, 1.165) is 16.9 Å². The van der Waals surface area contributed by atoms with Gasteiger partial charge in [0, 0.05) is 29.7 Å². The Hall–Kier alpha value is -3.01. The number of aliphatic hydroxyl groups is 1. The average Bonchev–Trinajstić information content (AvgIpc) is 3.17. The first kappa shape index (κ1) is 21.2. The van der Waals surface area contributed by atoms with E-state index in [2.05, 4.69) is 20.4 Å². The molecule has 1 fully saturated rings. The summed E-state index contributed by atoms with van der Waals surface area (Å²) in [6.07, 6.45) is 4.96. The first-order chi connectivity index (χ1) is 14.8. The van der Waals surface area contributed by atoms with Crippen LogP contribution in [0.25, 0.3) is 11.3 Å². The molecule has 0 unspecified atom stereocenters. The number of nitrogens with zero attached hydrogens (tertiary/aromatic N) is 5. The van der Waals surface area contributed by atoms with Gasteiger partial charge in [-0.05, 0) is 38.1 Å². The summed E-state index contributed by atoms with van der Waals surface area (Å²) in [6.45, 7) is 4.95. The van der Waals surface area contributed by atoms with Crippen molar-refractivity contribution in [2.24, 2.45) is 0 Å². The van der Waals surface area contributed by atoms with Crippen molar-refractivity contribution in [3.8, 4) is 11.3 Å². The number of rotatable bonds is 6. The molecule has 1 aliphatic heterocycles. The lowest BCUT2D eigenvalue weighted by molar-refractivity contribution is -0.125. The summed E-state index contributed by atoms with van der Waals surface area (Å²) >= 11 is 6.31. The number of nitrogens with one attached hydrogen (secondary N) is 1. The Kier molecular flexibility index (Phi) is 5.90. The number of amides is 1. The van der Waals surface area contributed by atoms with Gasteiger partial charge in [0.2, 0.25) is 5.95 Å². The highest BCUT2D eigenvalue weighted by Gasteiger charge is 2.20. The fraction of sp³-hybridized carbons (Fsp3) is 0.333. The van der Waals surface area contributed by atoms with E-state index in [-0.39, 0.29) is 12.5 Å². The Bertz CT molecular complexity index is 1080. The number of benzene rings is 1. The van der Waals surface area contributed by atoms with Crippen molar-refractivity contribution in [1.29, 1.82) is 0 Å². The van der Waals surface area contributed by atoms with Crippen LogP contribution in [0.3, 0.4) is 0 Å². The van der Waals surface area contributed by atoms with Crippen LogP contribution in [0.4, 0.5) is 17.3 Å². The highest BCUT2D eigenvalue weighted by molar-refractivity contribution is 6.32. The van der Waals surface area contributed by atoms with Crippen LogP contribution in [0.5, 0.6) is 0 Å². The molecular formula is C21H23ClN6O3. The Labute approximate surface area is 184 Å². The molecule has 4 rings (SSSR count). The molecule has 0 radical (unpaired) electrons. The van der Waals surface area contributed by atoms with Crippen LogP contribution in [0.15, 0.2) is 42.9 Å². The average molecular weight is 443 g/mol. The van der Waals surface area contributed by atoms with Gasteiger partial charge >= 0.3 is 0 Å². The summed E-state index contributed by atoms with van der Waals surface area (Å²) in [5.74, 6) is 0.326. The number of hydrogen-bond acceptors (Lipinski definition) is 7. The molecule has 0 atom stereocenters. The summed E-state index contributed by atoms with van der Waals surface area (Å²) in [4.78, 5) is 22.5. The van der Waals surface area contributed by atoms with Crippen molar-refractivity contribution < 1.29 is 14.6 Å². The maximum absolute atomic E-state index is 12.0. The van der Waals surface area contributed by atoms with Crippen molar-refractivity contribution in [2.45, 2.75) is 26.0 Å². The Morgan fingerprint density at radius 1 is 1.26 bits per heavy atom. The van der Waals surface area contributed by atoms with Crippen LogP contribution >= 0.6 is 11.6 Å². The summed E-state index contributed by atoms with van der Waals surface area (Å²) < 4.78 is 6.81. The second-order valence-electron chi connectivity index (χ2n) is 7.90. The van der Waals surface area contributed by atoms with Gasteiger partial charge in [-0.1, -0.05) is 11.6 Å². The lowest BCUT2D eigenvalue weighted by atomic mass is 10.1. The fourth-order valence-corrected chi connectivity index (χ4v) is 3.44. The molecule has 0 spiro atoms. The van der Waals surface area contributed by atoms with E-state index in [9.17, 15) is 9.90 Å². The van der Waals surface area contributed by atoms with Crippen molar-refractivity contribution in [1.82, 2.24) is 19.7 Å². The van der Waals surface area contributed by atoms with Crippen molar-refractivity contribution in [3.05, 3.63) is 47.9 Å². The summed E-state index contributed by atoms with van der Waals surface area (Å²) in [5.41, 5.74) is 1.97. The van der Waals surface area contributed by atoms with E-state index in [1.165, 1.54) is 6.20 Å². The molecule has 10 heteroatoms. The highest BCUT2D eigenvalue weighted by atomic mass is 35.5. The predicted molar refractivity (Wildman–Crippen MR) is 117 cm³/mol. The monoisotopic (exact) mass is 442 g/mol. The zero-order valence-electron chi connectivity index (χ0n) is 17.2. The van der Waals surface area contributed by atoms with Crippen LogP contribution in [-0.2, 0) is 16.1 Å². The molecule has 9 nitrogen and oxygen atoms in total. The summed E-state index contributed by atoms with van der Waals surface area (Å²) in [6, 6.07) is 7.44. The lowest BCUT2D eigenvalue weighted by Gasteiger charge is -2.26. The van der Waals surface area contributed by atoms with E-state index in [0.29, 0.717) is 36.4 Å². The zero-order valence-corrected chi connectivity index (χ0v) is 18.0. The minimum atomic E-state index is -0.885. The summed E-state index contributed by atoms with van der Waals surface area (Å²) in [7, 11) is 0. The largest absolute Gasteiger partial charge is 0.389 e. The third-order valence-corrected chi connectivity index (χ3v) is 4.90. The molecule has 1 saturated heterocycles. The number of anilines is 3. The number of ether oxygens (including phenoxy) is 1. The van der Waals surface area contributed by atoms with E-state index in [1.54, 1.807) is 35.8 Å². The third-order valence-electron chi connectivity index (χ3n) is 4.62. The molecule has 0 bridgehead atoms. The predicted octanol–water partition coefficient (Wildman–Crippen LogP) is 2.87. The van der Waals surface area contributed by atoms with Gasteiger partial charge in [-0.25, -0.2) is 9.97 Å². The molecule has 3 heterocycles. The third kappa shape index (κ3) is 5.19. The van der Waals surface area contributed by atoms with Crippen molar-refractivity contribution in [2.75, 3.05) is 30.0 Å². The molecule has 0 aliphatic carbocycles. The highest BCUT2D eigenvalue weighted by Crippen LogP contribution is 2.27. The van der Waals surface area contributed by atoms with Crippen LogP contribution in [0, 0.1) is 0 Å². The van der Waals surface area contributed by atoms with Crippen LogP contribution in [0.2, 0.25) is 5.02 Å². The molecule has 1 aliphatic rings. The SMILES string of the molecule is CC(C)(O)Cn1cc(-c2nc(Nc3ccc(N4CCOCC4=O)cc3)ncc2Cl)cn1. The maximum Gasteiger partial charge on any atom is 0.253 e. The zero-order chi connectivity index (χ0) is 22.0. The number of carbonyl (C=O) groups excluding carboxylic acids is 1. The first-order valence-electron chi connectivity index (χ1n) is 9.81. The van der Waals surface area contributed by atoms with Crippen LogP contribution in [0.1, 0.15) is 13.8 Å². The quantitative estimate of drug-likeness (QED) is 0.604. The molecule has 0 saturated carbocycles. The number of aromatic nitrogens is 4. The second kappa shape index (κ2) is 8.62. The van der Waals surface area contributed by atoms with Gasteiger partial charge in [0.25, 0.3) is 5.91 Å². The van der Waals surface area contributed by atoms with E-state index in [4.69, 9.17) is 16.3 Å². The van der Waals surface area contributed by atoms with E-state index in [1.807, 2.05) is 24.3 Å². The van der Waals surface area contributed by atoms with Crippen LogP contribution < -0.4 is 10.2 Å². The first-order valence-corrected chi connectivity index (χ1v) is 10.2. The van der Waals surface area contributed by atoms with Gasteiger partial charge in [0.15, 0.2) is 0 Å². The minimum absolute atomic E-state index is 0.0530. The normalized spacial score (nSPS) is 14.7. The molecule has 1 aromatic carbocycles. The lowest BCUT2D eigenvalue weighted by Crippen LogP contribution is -2.41. The van der Waals surface area contributed by atoms with Crippen LogP contribution in [-0.4, -0.2) is 56.1 Å². The fourth-order valence-electron chi connectivity index (χ4n) is 3.24. The molecule has 2 N–H and O–H groups in total. The second-order valence-corrected chi connectivity index (χ2v) is 8.31. The summed E-state index contributed by atoms with van der Waals surface area (Å²) in [5, 5.41) is 17.8.